The fourth-order valence-electron chi connectivity index (χ4n) is 1.33. The topological polar surface area (TPSA) is 35.2 Å². The first kappa shape index (κ1) is 14.9. The molecular formula is C11H14ClF2NO. The Morgan fingerprint density at radius 1 is 1.44 bits per heavy atom. The van der Waals surface area contributed by atoms with Crippen molar-refractivity contribution in [2.24, 2.45) is 5.73 Å². The Labute approximate surface area is 99.5 Å². The lowest BCUT2D eigenvalue weighted by Crippen LogP contribution is -2.13. The van der Waals surface area contributed by atoms with Gasteiger partial charge in [0.05, 0.1) is 7.11 Å². The molecule has 0 fully saturated rings. The van der Waals surface area contributed by atoms with Crippen molar-refractivity contribution in [2.75, 3.05) is 7.11 Å². The summed E-state index contributed by atoms with van der Waals surface area (Å²) in [4.78, 5) is 0. The molecule has 16 heavy (non-hydrogen) atoms. The largest absolute Gasteiger partial charge is 0.497 e. The molecule has 0 radical (unpaired) electrons. The molecule has 1 atom stereocenters. The fourth-order valence-corrected chi connectivity index (χ4v) is 1.33. The number of methoxy groups -OCH3 is 1. The van der Waals surface area contributed by atoms with Crippen LogP contribution in [0.4, 0.5) is 8.78 Å². The molecule has 0 spiro atoms. The summed E-state index contributed by atoms with van der Waals surface area (Å²) in [6.45, 7) is 3.47. The van der Waals surface area contributed by atoms with Crippen molar-refractivity contribution in [1.82, 2.24) is 0 Å². The number of rotatable bonds is 4. The first-order valence-electron chi connectivity index (χ1n) is 4.49. The zero-order chi connectivity index (χ0) is 11.4. The van der Waals surface area contributed by atoms with Crippen molar-refractivity contribution in [2.45, 2.75) is 12.5 Å². The van der Waals surface area contributed by atoms with Gasteiger partial charge < -0.3 is 10.5 Å². The van der Waals surface area contributed by atoms with Crippen molar-refractivity contribution in [3.05, 3.63) is 42.0 Å². The molecule has 0 aliphatic carbocycles. The zero-order valence-electron chi connectivity index (χ0n) is 8.87. The highest BCUT2D eigenvalue weighted by molar-refractivity contribution is 5.85. The number of ether oxygens (including phenoxy) is 1. The molecule has 2 N–H and O–H groups in total. The van der Waals surface area contributed by atoms with E-state index in [0.717, 1.165) is 12.1 Å². The maximum Gasteiger partial charge on any atom is 0.134 e. The van der Waals surface area contributed by atoms with Gasteiger partial charge in [-0.15, -0.1) is 19.0 Å². The summed E-state index contributed by atoms with van der Waals surface area (Å²) in [5, 5.41) is 0. The Kier molecular flexibility index (Phi) is 6.00. The molecule has 0 aliphatic rings. The van der Waals surface area contributed by atoms with Crippen LogP contribution < -0.4 is 10.5 Å². The maximum absolute atomic E-state index is 13.4. The predicted molar refractivity (Wildman–Crippen MR) is 61.9 cm³/mol. The third kappa shape index (κ3) is 3.18. The lowest BCUT2D eigenvalue weighted by Gasteiger charge is -2.12. The minimum atomic E-state index is -0.714. The summed E-state index contributed by atoms with van der Waals surface area (Å²) in [7, 11) is 1.34. The second-order valence-electron chi connectivity index (χ2n) is 3.14. The van der Waals surface area contributed by atoms with Crippen LogP contribution in [0.1, 0.15) is 18.0 Å². The number of hydrogen-bond donors (Lipinski definition) is 1. The summed E-state index contributed by atoms with van der Waals surface area (Å²) in [5.74, 6) is -1.25. The number of hydrogen-bond acceptors (Lipinski definition) is 2. The Hall–Kier alpha value is -1.13. The zero-order valence-corrected chi connectivity index (χ0v) is 9.69. The van der Waals surface area contributed by atoms with Crippen LogP contribution in [0.2, 0.25) is 0 Å². The molecule has 90 valence electrons. The lowest BCUT2D eigenvalue weighted by atomic mass is 10.0. The molecule has 5 heteroatoms. The van der Waals surface area contributed by atoms with E-state index in [9.17, 15) is 8.78 Å². The summed E-state index contributed by atoms with van der Waals surface area (Å²) in [6, 6.07) is 1.51. The van der Waals surface area contributed by atoms with Crippen LogP contribution >= 0.6 is 12.4 Å². The summed E-state index contributed by atoms with van der Waals surface area (Å²) >= 11 is 0. The summed E-state index contributed by atoms with van der Waals surface area (Å²) in [6.07, 6.45) is 1.84. The molecule has 0 bridgehead atoms. The van der Waals surface area contributed by atoms with Gasteiger partial charge in [-0.05, 0) is 6.42 Å². The lowest BCUT2D eigenvalue weighted by molar-refractivity contribution is 0.403. The first-order valence-corrected chi connectivity index (χ1v) is 4.49. The van der Waals surface area contributed by atoms with Crippen LogP contribution in [0.15, 0.2) is 24.8 Å². The van der Waals surface area contributed by atoms with E-state index >= 15 is 0 Å². The molecule has 1 aromatic rings. The smallest absolute Gasteiger partial charge is 0.134 e. The van der Waals surface area contributed by atoms with Gasteiger partial charge in [-0.1, -0.05) is 6.08 Å². The normalized spacial score (nSPS) is 11.5. The van der Waals surface area contributed by atoms with Gasteiger partial charge in [0.25, 0.3) is 0 Å². The molecule has 0 unspecified atom stereocenters. The molecule has 0 amide bonds. The highest BCUT2D eigenvalue weighted by Gasteiger charge is 2.17. The highest BCUT2D eigenvalue weighted by Crippen LogP contribution is 2.26. The van der Waals surface area contributed by atoms with Gasteiger partial charge in [0, 0.05) is 23.7 Å². The van der Waals surface area contributed by atoms with E-state index in [2.05, 4.69) is 6.58 Å². The SMILES string of the molecule is C=CC[C@H](N)c1c(F)cc(OC)cc1F.Cl. The average molecular weight is 250 g/mol. The summed E-state index contributed by atoms with van der Waals surface area (Å²) in [5.41, 5.74) is 5.48. The highest BCUT2D eigenvalue weighted by atomic mass is 35.5. The molecule has 0 aromatic heterocycles. The van der Waals surface area contributed by atoms with Gasteiger partial charge in [0.2, 0.25) is 0 Å². The maximum atomic E-state index is 13.4. The molecule has 0 saturated heterocycles. The molecule has 1 rings (SSSR count). The minimum absolute atomic E-state index is 0. The van der Waals surface area contributed by atoms with E-state index in [0.29, 0.717) is 6.42 Å². The summed E-state index contributed by atoms with van der Waals surface area (Å²) < 4.78 is 31.6. The van der Waals surface area contributed by atoms with Crippen molar-refractivity contribution >= 4 is 12.4 Å². The van der Waals surface area contributed by atoms with Gasteiger partial charge in [0.1, 0.15) is 17.4 Å². The van der Waals surface area contributed by atoms with Gasteiger partial charge in [-0.2, -0.15) is 0 Å². The molecule has 1 aromatic carbocycles. The Balaban J connectivity index is 0.00000225. The van der Waals surface area contributed by atoms with E-state index in [1.165, 1.54) is 13.2 Å². The third-order valence-electron chi connectivity index (χ3n) is 2.08. The average Bonchev–Trinajstić information content (AvgIpc) is 2.16. The van der Waals surface area contributed by atoms with Crippen LogP contribution in [0, 0.1) is 11.6 Å². The van der Waals surface area contributed by atoms with Crippen molar-refractivity contribution < 1.29 is 13.5 Å². The molecule has 2 nitrogen and oxygen atoms in total. The Bertz CT molecular complexity index is 348. The number of nitrogens with two attached hydrogens (primary N) is 1. The van der Waals surface area contributed by atoms with Gasteiger partial charge in [-0.25, -0.2) is 8.78 Å². The van der Waals surface area contributed by atoms with Crippen molar-refractivity contribution in [3.8, 4) is 5.75 Å². The van der Waals surface area contributed by atoms with E-state index in [1.54, 1.807) is 0 Å². The molecule has 0 aliphatic heterocycles. The van der Waals surface area contributed by atoms with E-state index in [4.69, 9.17) is 10.5 Å². The van der Waals surface area contributed by atoms with Crippen molar-refractivity contribution in [3.63, 3.8) is 0 Å². The predicted octanol–water partition coefficient (Wildman–Crippen LogP) is 2.97. The molecule has 0 saturated carbocycles. The van der Waals surface area contributed by atoms with E-state index in [-0.39, 0.29) is 23.7 Å². The Morgan fingerprint density at radius 3 is 2.31 bits per heavy atom. The van der Waals surface area contributed by atoms with Crippen molar-refractivity contribution in [1.29, 1.82) is 0 Å². The third-order valence-corrected chi connectivity index (χ3v) is 2.08. The fraction of sp³-hybridized carbons (Fsp3) is 0.273. The minimum Gasteiger partial charge on any atom is -0.497 e. The number of halogens is 3. The standard InChI is InChI=1S/C11H13F2NO.ClH/c1-3-4-10(14)11-8(12)5-7(15-2)6-9(11)13;/h3,5-6,10H,1,4,14H2,2H3;1H/t10-;/m0./s1. The number of benzene rings is 1. The Morgan fingerprint density at radius 2 is 1.94 bits per heavy atom. The molecule has 0 heterocycles. The van der Waals surface area contributed by atoms with Crippen LogP contribution in [-0.2, 0) is 0 Å². The van der Waals surface area contributed by atoms with E-state index < -0.39 is 17.7 Å². The van der Waals surface area contributed by atoms with Crippen LogP contribution in [-0.4, -0.2) is 7.11 Å². The van der Waals surface area contributed by atoms with Crippen LogP contribution in [0.3, 0.4) is 0 Å². The quantitative estimate of drug-likeness (QED) is 0.833. The first-order chi connectivity index (χ1) is 7.10. The second-order valence-corrected chi connectivity index (χ2v) is 3.14. The molecular weight excluding hydrogens is 236 g/mol. The van der Waals surface area contributed by atoms with E-state index in [1.807, 2.05) is 0 Å². The van der Waals surface area contributed by atoms with Crippen LogP contribution in [0.25, 0.3) is 0 Å². The second kappa shape index (κ2) is 6.45. The monoisotopic (exact) mass is 249 g/mol. The van der Waals surface area contributed by atoms with Crippen LogP contribution in [0.5, 0.6) is 5.75 Å². The van der Waals surface area contributed by atoms with Gasteiger partial charge >= 0.3 is 0 Å². The van der Waals surface area contributed by atoms with Gasteiger partial charge in [-0.3, -0.25) is 0 Å². The van der Waals surface area contributed by atoms with Gasteiger partial charge in [0.15, 0.2) is 0 Å².